The summed E-state index contributed by atoms with van der Waals surface area (Å²) in [7, 11) is 0. The number of rotatable bonds is 1. The molecule has 3 N–H and O–H groups in total. The molecule has 1 saturated heterocycles. The highest BCUT2D eigenvalue weighted by Crippen LogP contribution is 2.13. The lowest BCUT2D eigenvalue weighted by Gasteiger charge is -2.12. The van der Waals surface area contributed by atoms with Gasteiger partial charge < -0.3 is 20.3 Å². The lowest BCUT2D eigenvalue weighted by molar-refractivity contribution is -0.133. The number of likely N-dealkylation sites (N-methyl/N-ethyl adjacent to an activating group) is 1. The van der Waals surface area contributed by atoms with Crippen LogP contribution in [0.25, 0.3) is 0 Å². The van der Waals surface area contributed by atoms with Gasteiger partial charge in [0.05, 0.1) is 6.61 Å². The first kappa shape index (κ1) is 5.08. The van der Waals surface area contributed by atoms with Gasteiger partial charge in [-0.15, -0.1) is 0 Å². The summed E-state index contributed by atoms with van der Waals surface area (Å²) in [5.41, 5.74) is 0. The fraction of sp³-hybridized carbons (Fsp3) is 0.833. The van der Waals surface area contributed by atoms with E-state index in [4.69, 9.17) is 14.0 Å². The van der Waals surface area contributed by atoms with E-state index in [1.54, 1.807) is 5.32 Å². The predicted molar refractivity (Wildman–Crippen MR) is 35.8 cm³/mol. The first-order valence-electron chi connectivity index (χ1n) is 4.61. The minimum Gasteiger partial charge on any atom is -0.388 e. The van der Waals surface area contributed by atoms with Gasteiger partial charge in [-0.1, -0.05) is 0 Å². The standard InChI is InChI=1S/C6H11NO4/c1-7-6(10)5-4(9)3(8)2-11-5/h3-5,8-9H,2H2,1H3,(H,7,10)/i1D3. The monoisotopic (exact) mass is 164 g/mol. The molecule has 3 unspecified atom stereocenters. The molecule has 0 aromatic heterocycles. The van der Waals surface area contributed by atoms with Gasteiger partial charge >= 0.3 is 0 Å². The van der Waals surface area contributed by atoms with E-state index in [0.29, 0.717) is 0 Å². The molecule has 3 atom stereocenters. The molecule has 1 aliphatic heterocycles. The van der Waals surface area contributed by atoms with Crippen LogP contribution in [0, 0.1) is 0 Å². The van der Waals surface area contributed by atoms with Crippen molar-refractivity contribution in [2.24, 2.45) is 0 Å². The lowest BCUT2D eigenvalue weighted by Crippen LogP contribution is -2.41. The Labute approximate surface area is 68.2 Å². The third-order valence-electron chi connectivity index (χ3n) is 1.53. The van der Waals surface area contributed by atoms with Crippen LogP contribution in [-0.2, 0) is 9.53 Å². The van der Waals surface area contributed by atoms with E-state index >= 15 is 0 Å². The number of carbonyl (C=O) groups excluding carboxylic acids is 1. The molecular formula is C6H11NO4. The van der Waals surface area contributed by atoms with E-state index in [2.05, 4.69) is 0 Å². The summed E-state index contributed by atoms with van der Waals surface area (Å²) in [5, 5.41) is 19.9. The van der Waals surface area contributed by atoms with Gasteiger partial charge in [0.2, 0.25) is 0 Å². The molecule has 0 aromatic rings. The summed E-state index contributed by atoms with van der Waals surface area (Å²) in [6.07, 6.45) is -3.84. The van der Waals surface area contributed by atoms with E-state index < -0.39 is 31.2 Å². The molecule has 1 aliphatic rings. The average molecular weight is 164 g/mol. The number of aliphatic hydroxyl groups is 2. The summed E-state index contributed by atoms with van der Waals surface area (Å²) < 4.78 is 25.0. The van der Waals surface area contributed by atoms with Crippen LogP contribution in [0.4, 0.5) is 0 Å². The zero-order valence-corrected chi connectivity index (χ0v) is 5.65. The van der Waals surface area contributed by atoms with Crippen molar-refractivity contribution in [1.29, 1.82) is 0 Å². The van der Waals surface area contributed by atoms with Gasteiger partial charge in [-0.3, -0.25) is 4.79 Å². The Morgan fingerprint density at radius 3 is 3.00 bits per heavy atom. The maximum atomic E-state index is 11.1. The normalized spacial score (nSPS) is 42.4. The van der Waals surface area contributed by atoms with Crippen molar-refractivity contribution in [2.45, 2.75) is 18.3 Å². The fourth-order valence-corrected chi connectivity index (χ4v) is 0.903. The largest absolute Gasteiger partial charge is 0.388 e. The van der Waals surface area contributed by atoms with Crippen LogP contribution >= 0.6 is 0 Å². The third-order valence-corrected chi connectivity index (χ3v) is 1.53. The number of hydrogen-bond acceptors (Lipinski definition) is 4. The SMILES string of the molecule is [2H]C([2H])([2H])NC(=O)C1OCC(O)C1O. The highest BCUT2D eigenvalue weighted by molar-refractivity contribution is 5.81. The molecule has 1 amide bonds. The Morgan fingerprint density at radius 2 is 2.55 bits per heavy atom. The molecule has 0 radical (unpaired) electrons. The first-order valence-corrected chi connectivity index (χ1v) is 3.11. The van der Waals surface area contributed by atoms with Crippen LogP contribution in [0.1, 0.15) is 4.11 Å². The number of aliphatic hydroxyl groups excluding tert-OH is 2. The van der Waals surface area contributed by atoms with Gasteiger partial charge in [-0.05, 0) is 0 Å². The molecule has 64 valence electrons. The van der Waals surface area contributed by atoms with E-state index in [-0.39, 0.29) is 6.61 Å². The minimum absolute atomic E-state index is 0.180. The van der Waals surface area contributed by atoms with Crippen molar-refractivity contribution in [2.75, 3.05) is 13.6 Å². The van der Waals surface area contributed by atoms with Crippen molar-refractivity contribution < 1.29 is 23.9 Å². The van der Waals surface area contributed by atoms with Crippen molar-refractivity contribution in [3.05, 3.63) is 0 Å². The first-order chi connectivity index (χ1) is 6.31. The van der Waals surface area contributed by atoms with Crippen LogP contribution in [-0.4, -0.2) is 48.0 Å². The van der Waals surface area contributed by atoms with Gasteiger partial charge in [0.15, 0.2) is 6.10 Å². The van der Waals surface area contributed by atoms with Gasteiger partial charge in [0.25, 0.3) is 5.91 Å². The van der Waals surface area contributed by atoms with Crippen LogP contribution in [0.2, 0.25) is 0 Å². The second-order valence-electron chi connectivity index (χ2n) is 2.30. The average Bonchev–Trinajstić information content (AvgIpc) is 2.29. The number of amides is 1. The van der Waals surface area contributed by atoms with E-state index in [0.717, 1.165) is 0 Å². The number of ether oxygens (including phenoxy) is 1. The van der Waals surface area contributed by atoms with Crippen molar-refractivity contribution >= 4 is 5.91 Å². The quantitative estimate of drug-likeness (QED) is 0.413. The van der Waals surface area contributed by atoms with Crippen LogP contribution < -0.4 is 5.32 Å². The highest BCUT2D eigenvalue weighted by atomic mass is 16.5. The molecule has 1 rings (SSSR count). The smallest absolute Gasteiger partial charge is 0.251 e. The van der Waals surface area contributed by atoms with Gasteiger partial charge in [-0.2, -0.15) is 0 Å². The zero-order chi connectivity index (χ0) is 10.9. The lowest BCUT2D eigenvalue weighted by atomic mass is 10.1. The summed E-state index contributed by atoms with van der Waals surface area (Å²) in [5.74, 6) is -0.950. The molecule has 1 fully saturated rings. The predicted octanol–water partition coefficient (Wildman–Crippen LogP) is -2.15. The minimum atomic E-state index is -2.62. The van der Waals surface area contributed by atoms with Crippen molar-refractivity contribution in [3.8, 4) is 0 Å². The second-order valence-corrected chi connectivity index (χ2v) is 2.30. The third kappa shape index (κ3) is 1.50. The van der Waals surface area contributed by atoms with Crippen LogP contribution in [0.3, 0.4) is 0 Å². The van der Waals surface area contributed by atoms with Crippen molar-refractivity contribution in [1.82, 2.24) is 5.32 Å². The molecule has 0 saturated carbocycles. The molecule has 5 nitrogen and oxygen atoms in total. The molecule has 11 heavy (non-hydrogen) atoms. The summed E-state index contributed by atoms with van der Waals surface area (Å²) in [6.45, 7) is -2.80. The zero-order valence-electron chi connectivity index (χ0n) is 8.65. The summed E-state index contributed by atoms with van der Waals surface area (Å²) in [6, 6.07) is 0. The Bertz CT molecular complexity index is 232. The van der Waals surface area contributed by atoms with Gasteiger partial charge in [0.1, 0.15) is 12.2 Å². The summed E-state index contributed by atoms with van der Waals surface area (Å²) in [4.78, 5) is 11.1. The Hall–Kier alpha value is -0.650. The van der Waals surface area contributed by atoms with Crippen LogP contribution in [0.5, 0.6) is 0 Å². The van der Waals surface area contributed by atoms with Crippen molar-refractivity contribution in [3.63, 3.8) is 0 Å². The molecule has 0 spiro atoms. The summed E-state index contributed by atoms with van der Waals surface area (Å²) >= 11 is 0. The maximum absolute atomic E-state index is 11.1. The number of nitrogens with one attached hydrogen (secondary N) is 1. The van der Waals surface area contributed by atoms with Gasteiger partial charge in [0, 0.05) is 11.1 Å². The maximum Gasteiger partial charge on any atom is 0.251 e. The van der Waals surface area contributed by atoms with Gasteiger partial charge in [-0.25, -0.2) is 0 Å². The van der Waals surface area contributed by atoms with Crippen LogP contribution in [0.15, 0.2) is 0 Å². The highest BCUT2D eigenvalue weighted by Gasteiger charge is 2.38. The molecule has 0 aromatic carbocycles. The number of carbonyl (C=O) groups is 1. The number of hydrogen-bond donors (Lipinski definition) is 3. The second kappa shape index (κ2) is 3.17. The Kier molecular flexibility index (Phi) is 1.46. The topological polar surface area (TPSA) is 78.8 Å². The molecule has 1 heterocycles. The van der Waals surface area contributed by atoms with E-state index in [1.807, 2.05) is 0 Å². The van der Waals surface area contributed by atoms with E-state index in [1.165, 1.54) is 0 Å². The molecular weight excluding hydrogens is 150 g/mol. The fourth-order valence-electron chi connectivity index (χ4n) is 0.903. The Balaban J connectivity index is 2.54. The van der Waals surface area contributed by atoms with E-state index in [9.17, 15) is 9.90 Å². The molecule has 5 heteroatoms. The Morgan fingerprint density at radius 1 is 1.82 bits per heavy atom. The molecule has 0 aliphatic carbocycles. The molecule has 0 bridgehead atoms.